The van der Waals surface area contributed by atoms with E-state index >= 15 is 0 Å². The van der Waals surface area contributed by atoms with E-state index in [0.29, 0.717) is 17.8 Å². The molecule has 0 aliphatic heterocycles. The smallest absolute Gasteiger partial charge is 0.634 e. The molecule has 0 saturated heterocycles. The van der Waals surface area contributed by atoms with E-state index in [1.807, 2.05) is 0 Å². The van der Waals surface area contributed by atoms with E-state index in [9.17, 15) is 4.79 Å². The van der Waals surface area contributed by atoms with Gasteiger partial charge in [-0.15, -0.1) is 0 Å². The van der Waals surface area contributed by atoms with Crippen molar-refractivity contribution in [3.8, 4) is 0 Å². The fourth-order valence-electron chi connectivity index (χ4n) is 2.36. The number of carbonyl (C=O) groups is 1. The summed E-state index contributed by atoms with van der Waals surface area (Å²) < 4.78 is 5.15. The Bertz CT molecular complexity index is 447. The van der Waals surface area contributed by atoms with E-state index in [2.05, 4.69) is 53.7 Å². The summed E-state index contributed by atoms with van der Waals surface area (Å²) in [6.45, 7) is 16.0. The van der Waals surface area contributed by atoms with Crippen LogP contribution in [0.4, 0.5) is 0 Å². The van der Waals surface area contributed by atoms with Gasteiger partial charge >= 0.3 is 24.8 Å². The number of ether oxygens (including phenoxy) is 1. The largest absolute Gasteiger partial charge is 1.00 e. The maximum atomic E-state index is 12.3. The molecule has 0 N–H and O–H groups in total. The van der Waals surface area contributed by atoms with Gasteiger partial charge in [0.05, 0.1) is 5.56 Å². The van der Waals surface area contributed by atoms with Crippen LogP contribution in [0.25, 0.3) is 0 Å². The van der Waals surface area contributed by atoms with E-state index in [1.165, 1.54) is 12.2 Å². The Hall–Kier alpha value is -0.713. The SMILES string of the molecule is C[CH-]OC(=O)c1c(C(C)C)cc(C(C)C)cc1C(C)C.[Li+]. The van der Waals surface area contributed by atoms with Crippen LogP contribution < -0.4 is 18.9 Å². The zero-order valence-corrected chi connectivity index (χ0v) is 14.8. The fourth-order valence-corrected chi connectivity index (χ4v) is 2.36. The Morgan fingerprint density at radius 2 is 1.38 bits per heavy atom. The minimum absolute atomic E-state index is 0. The van der Waals surface area contributed by atoms with Gasteiger partial charge in [0.2, 0.25) is 0 Å². The second-order valence-electron chi connectivity index (χ2n) is 6.18. The molecule has 0 aliphatic rings. The third-order valence-corrected chi connectivity index (χ3v) is 3.56. The van der Waals surface area contributed by atoms with Gasteiger partial charge < -0.3 is 4.74 Å². The molecule has 1 rings (SSSR count). The van der Waals surface area contributed by atoms with Crippen LogP contribution in [0.3, 0.4) is 0 Å². The average molecular weight is 282 g/mol. The minimum Gasteiger partial charge on any atom is -0.634 e. The van der Waals surface area contributed by atoms with Crippen LogP contribution in [0.5, 0.6) is 0 Å². The average Bonchev–Trinajstić information content (AvgIpc) is 2.36. The Balaban J connectivity index is 0.00000400. The van der Waals surface area contributed by atoms with Crippen LogP contribution in [0.2, 0.25) is 0 Å². The summed E-state index contributed by atoms with van der Waals surface area (Å²) in [7, 11) is 0. The van der Waals surface area contributed by atoms with Gasteiger partial charge in [-0.2, -0.15) is 13.5 Å². The number of hydrogen-bond donors (Lipinski definition) is 0. The number of rotatable bonds is 5. The van der Waals surface area contributed by atoms with Crippen LogP contribution in [0.1, 0.15) is 93.3 Å². The summed E-state index contributed by atoms with van der Waals surface area (Å²) in [6.07, 6.45) is 0. The molecule has 112 valence electrons. The van der Waals surface area contributed by atoms with Gasteiger partial charge in [0.15, 0.2) is 0 Å². The van der Waals surface area contributed by atoms with Crippen LogP contribution >= 0.6 is 0 Å². The number of hydrogen-bond acceptors (Lipinski definition) is 2. The maximum Gasteiger partial charge on any atom is 1.00 e. The van der Waals surface area contributed by atoms with Crippen molar-refractivity contribution in [1.82, 2.24) is 0 Å². The maximum absolute atomic E-state index is 12.3. The summed E-state index contributed by atoms with van der Waals surface area (Å²) >= 11 is 0. The normalized spacial score (nSPS) is 11.0. The predicted molar refractivity (Wildman–Crippen MR) is 84.1 cm³/mol. The topological polar surface area (TPSA) is 26.3 Å². The van der Waals surface area contributed by atoms with Gasteiger partial charge in [-0.1, -0.05) is 53.7 Å². The van der Waals surface area contributed by atoms with Crippen molar-refractivity contribution in [1.29, 1.82) is 0 Å². The molecule has 1 aromatic rings. The zero-order chi connectivity index (χ0) is 15.4. The summed E-state index contributed by atoms with van der Waals surface area (Å²) in [5.74, 6) is 0.805. The molecular formula is C18H27LiO2. The predicted octanol–water partition coefficient (Wildman–Crippen LogP) is 2.40. The molecule has 0 aromatic heterocycles. The van der Waals surface area contributed by atoms with Crippen molar-refractivity contribution in [3.63, 3.8) is 0 Å². The monoisotopic (exact) mass is 282 g/mol. The molecule has 0 aliphatic carbocycles. The summed E-state index contributed by atoms with van der Waals surface area (Å²) in [5.41, 5.74) is 4.21. The molecule has 0 bridgehead atoms. The van der Waals surface area contributed by atoms with E-state index in [-0.39, 0.29) is 24.8 Å². The molecule has 2 nitrogen and oxygen atoms in total. The number of benzene rings is 1. The van der Waals surface area contributed by atoms with Gasteiger partial charge in [-0.25, -0.2) is 4.79 Å². The fraction of sp³-hybridized carbons (Fsp3) is 0.556. The van der Waals surface area contributed by atoms with Gasteiger partial charge in [-0.05, 0) is 34.4 Å². The molecule has 21 heavy (non-hydrogen) atoms. The van der Waals surface area contributed by atoms with Crippen molar-refractivity contribution in [3.05, 3.63) is 41.0 Å². The van der Waals surface area contributed by atoms with Gasteiger partial charge in [-0.3, -0.25) is 0 Å². The van der Waals surface area contributed by atoms with Crippen LogP contribution in [0, 0.1) is 6.61 Å². The van der Waals surface area contributed by atoms with Crippen LogP contribution in [-0.2, 0) is 4.74 Å². The van der Waals surface area contributed by atoms with Gasteiger partial charge in [0, 0.05) is 0 Å². The van der Waals surface area contributed by atoms with Crippen LogP contribution in [-0.4, -0.2) is 5.97 Å². The zero-order valence-electron chi connectivity index (χ0n) is 14.8. The molecule has 3 heteroatoms. The Morgan fingerprint density at radius 3 is 1.67 bits per heavy atom. The molecule has 0 radical (unpaired) electrons. The van der Waals surface area contributed by atoms with Gasteiger partial charge in [0.1, 0.15) is 0 Å². The molecule has 0 fully saturated rings. The third kappa shape index (κ3) is 4.90. The van der Waals surface area contributed by atoms with Crippen molar-refractivity contribution < 1.29 is 28.4 Å². The van der Waals surface area contributed by atoms with Gasteiger partial charge in [0.25, 0.3) is 0 Å². The second-order valence-corrected chi connectivity index (χ2v) is 6.18. The molecular weight excluding hydrogens is 255 g/mol. The summed E-state index contributed by atoms with van der Waals surface area (Å²) in [6, 6.07) is 4.32. The molecule has 0 amide bonds. The molecule has 0 spiro atoms. The van der Waals surface area contributed by atoms with Crippen LogP contribution in [0.15, 0.2) is 12.1 Å². The second kappa shape index (κ2) is 8.66. The molecule has 0 atom stereocenters. The molecule has 0 saturated carbocycles. The van der Waals surface area contributed by atoms with E-state index in [1.54, 1.807) is 6.92 Å². The quantitative estimate of drug-likeness (QED) is 0.471. The van der Waals surface area contributed by atoms with Crippen molar-refractivity contribution in [2.45, 2.75) is 66.2 Å². The Labute approximate surface area is 141 Å². The molecule has 1 aromatic carbocycles. The number of carbonyl (C=O) groups excluding carboxylic acids is 1. The minimum atomic E-state index is -0.241. The standard InChI is InChI=1S/C18H27O2.Li/c1-8-20-18(19)17-15(12(4)5)9-14(11(2)3)10-16(17)13(6)7;/h8-13H,1-7H3;/q-1;+1. The summed E-state index contributed by atoms with van der Waals surface area (Å²) in [5, 5.41) is 0. The Kier molecular flexibility index (Phi) is 8.37. The molecule has 0 heterocycles. The molecule has 0 unspecified atom stereocenters. The van der Waals surface area contributed by atoms with Crippen molar-refractivity contribution in [2.24, 2.45) is 0 Å². The van der Waals surface area contributed by atoms with Crippen molar-refractivity contribution >= 4 is 5.97 Å². The third-order valence-electron chi connectivity index (χ3n) is 3.56. The summed E-state index contributed by atoms with van der Waals surface area (Å²) in [4.78, 5) is 12.3. The first kappa shape index (κ1) is 20.3. The van der Waals surface area contributed by atoms with E-state index in [0.717, 1.165) is 16.7 Å². The Morgan fingerprint density at radius 1 is 0.952 bits per heavy atom. The van der Waals surface area contributed by atoms with Crippen molar-refractivity contribution in [2.75, 3.05) is 0 Å². The first-order chi connectivity index (χ1) is 9.29. The first-order valence-corrected chi connectivity index (χ1v) is 7.46. The van der Waals surface area contributed by atoms with E-state index in [4.69, 9.17) is 4.74 Å². The first-order valence-electron chi connectivity index (χ1n) is 7.46. The number of esters is 1. The van der Waals surface area contributed by atoms with E-state index < -0.39 is 0 Å².